The molecule has 0 aromatic carbocycles. The number of urea groups is 1. The second-order valence-electron chi connectivity index (χ2n) is 16.9. The number of amides is 2. The van der Waals surface area contributed by atoms with Crippen LogP contribution in [0.4, 0.5) is 39.4 Å². The zero-order valence-corrected chi connectivity index (χ0v) is 37.6. The monoisotopic (exact) mass is 914 g/mol. The lowest BCUT2D eigenvalue weighted by Crippen LogP contribution is -2.48. The Hall–Kier alpha value is -6.69. The Morgan fingerprint density at radius 3 is 1.92 bits per heavy atom. The molecule has 23 nitrogen and oxygen atoms in total. The van der Waals surface area contributed by atoms with Gasteiger partial charge >= 0.3 is 18.0 Å². The van der Waals surface area contributed by atoms with E-state index in [9.17, 15) is 14.4 Å². The minimum Gasteiger partial charge on any atom is -0.474 e. The van der Waals surface area contributed by atoms with Crippen LogP contribution >= 0.6 is 0 Å². The van der Waals surface area contributed by atoms with Gasteiger partial charge in [-0.15, -0.1) is 0 Å². The molecular formula is C43H54N12O11. The van der Waals surface area contributed by atoms with E-state index in [0.717, 1.165) is 49.7 Å². The molecule has 352 valence electrons. The van der Waals surface area contributed by atoms with Crippen LogP contribution in [0.2, 0.25) is 0 Å². The first kappa shape index (κ1) is 45.9. The van der Waals surface area contributed by atoms with Crippen molar-refractivity contribution in [1.29, 1.82) is 0 Å². The number of pyridine rings is 2. The summed E-state index contributed by atoms with van der Waals surface area (Å²) in [7, 11) is 2.66. The molecular weight excluding hydrogens is 861 g/mol. The molecule has 0 aliphatic carbocycles. The quantitative estimate of drug-likeness (QED) is 0.203. The van der Waals surface area contributed by atoms with Crippen molar-refractivity contribution in [2.75, 3.05) is 97.9 Å². The minimum absolute atomic E-state index is 0.0682. The van der Waals surface area contributed by atoms with Crippen molar-refractivity contribution >= 4 is 52.6 Å². The van der Waals surface area contributed by atoms with Crippen LogP contribution in [0.5, 0.6) is 11.8 Å². The Morgan fingerprint density at radius 1 is 0.758 bits per heavy atom. The highest BCUT2D eigenvalue weighted by Crippen LogP contribution is 2.39. The van der Waals surface area contributed by atoms with E-state index in [2.05, 4.69) is 55.1 Å². The number of hydrogen-bond donors (Lipinski definition) is 3. The largest absolute Gasteiger partial charge is 0.474 e. The van der Waals surface area contributed by atoms with Gasteiger partial charge in [-0.1, -0.05) is 0 Å². The van der Waals surface area contributed by atoms with E-state index in [1.807, 2.05) is 33.8 Å². The minimum atomic E-state index is -0.621. The summed E-state index contributed by atoms with van der Waals surface area (Å²) in [5.41, 5.74) is 7.79. The molecule has 66 heavy (non-hydrogen) atoms. The third-order valence-corrected chi connectivity index (χ3v) is 11.2. The Morgan fingerprint density at radius 2 is 1.35 bits per heavy atom. The molecule has 0 spiro atoms. The maximum atomic E-state index is 13.2. The molecule has 4 bridgehead atoms. The van der Waals surface area contributed by atoms with E-state index < -0.39 is 29.5 Å². The second kappa shape index (κ2) is 19.4. The molecule has 0 radical (unpaired) electrons. The zero-order valence-electron chi connectivity index (χ0n) is 37.6. The number of nitrogen functional groups attached to an aromatic ring is 1. The second-order valence-corrected chi connectivity index (χ2v) is 16.9. The van der Waals surface area contributed by atoms with Crippen LogP contribution in [0.1, 0.15) is 61.5 Å². The normalized spacial score (nSPS) is 22.3. The number of hydrogen-bond acceptors (Lipinski definition) is 21. The lowest BCUT2D eigenvalue weighted by Gasteiger charge is -2.35. The summed E-state index contributed by atoms with van der Waals surface area (Å²) in [4.78, 5) is 67.6. The van der Waals surface area contributed by atoms with E-state index >= 15 is 0 Å². The first-order chi connectivity index (χ1) is 31.7. The number of aromatic nitrogens is 6. The summed E-state index contributed by atoms with van der Waals surface area (Å²) < 4.78 is 42.7. The molecule has 4 aromatic rings. The molecule has 4 atom stereocenters. The topological polar surface area (TPSA) is 262 Å². The predicted molar refractivity (Wildman–Crippen MR) is 237 cm³/mol. The number of ether oxygens (including phenoxy) is 8. The van der Waals surface area contributed by atoms with Gasteiger partial charge in [-0.2, -0.15) is 0 Å². The van der Waals surface area contributed by atoms with Crippen LogP contribution in [-0.4, -0.2) is 151 Å². The van der Waals surface area contributed by atoms with E-state index in [0.29, 0.717) is 61.5 Å². The van der Waals surface area contributed by atoms with E-state index in [1.54, 1.807) is 23.1 Å². The molecule has 4 N–H and O–H groups in total. The van der Waals surface area contributed by atoms with Crippen LogP contribution in [-0.2, 0) is 28.4 Å². The Balaban J connectivity index is 0.000000153. The Bertz CT molecular complexity index is 2380. The van der Waals surface area contributed by atoms with E-state index in [1.165, 1.54) is 39.0 Å². The smallest absolute Gasteiger partial charge is 0.356 e. The van der Waals surface area contributed by atoms with Crippen LogP contribution < -0.4 is 40.5 Å². The molecule has 6 aliphatic rings. The average molecular weight is 915 g/mol. The van der Waals surface area contributed by atoms with Gasteiger partial charge in [0.25, 0.3) is 0 Å². The first-order valence-electron chi connectivity index (χ1n) is 21.5. The molecule has 4 fully saturated rings. The van der Waals surface area contributed by atoms with Crippen molar-refractivity contribution < 1.29 is 52.3 Å². The fourth-order valence-corrected chi connectivity index (χ4v) is 8.08. The van der Waals surface area contributed by atoms with Gasteiger partial charge in [0.05, 0.1) is 69.6 Å². The fourth-order valence-electron chi connectivity index (χ4n) is 8.08. The van der Waals surface area contributed by atoms with Gasteiger partial charge in [0.1, 0.15) is 31.2 Å². The standard InChI is InChI=1S/C22H26N6O6.C11H13N3O2.C10H15N3O3/c1-22(2)33-12-14(34-22)11-32-18-9-23-17(8-24-18)26-21(30)28-13-6-7-27(10-13)16-5-4-15(20(29)31-3)25-19(16)28;1-16-11(15)8-2-3-9-10(13-8)12-7-4-5-14(9)6-7;1-10(2)15-6-7(16-10)5-14-9-4-12-8(11)3-13-9/h4-5,8-9,13-14H,6-7,10-12H2,1-3H3,(H,23,26,30);2-3,7H,4-6H2,1H3,(H,12,13);3-4,7H,5-6H2,1-2H3,(H2,11,12)/t13-,14+;2*7-/m001/s1. The number of nitrogens with zero attached hydrogens (tertiary/aromatic N) is 9. The first-order valence-corrected chi connectivity index (χ1v) is 21.5. The third kappa shape index (κ3) is 10.9. The number of anilines is 6. The number of carbonyl (C=O) groups is 3. The van der Waals surface area contributed by atoms with Gasteiger partial charge in [-0.25, -0.2) is 44.3 Å². The summed E-state index contributed by atoms with van der Waals surface area (Å²) in [6, 6.07) is 7.04. The molecule has 4 saturated heterocycles. The van der Waals surface area contributed by atoms with Crippen LogP contribution in [0.25, 0.3) is 0 Å². The van der Waals surface area contributed by atoms with Crippen LogP contribution in [0.3, 0.4) is 0 Å². The van der Waals surface area contributed by atoms with Crippen molar-refractivity contribution in [3.63, 3.8) is 0 Å². The fraction of sp³-hybridized carbons (Fsp3) is 0.512. The van der Waals surface area contributed by atoms with Crippen molar-refractivity contribution in [3.05, 3.63) is 60.4 Å². The molecule has 23 heteroatoms. The van der Waals surface area contributed by atoms with E-state index in [-0.39, 0.29) is 36.4 Å². The summed E-state index contributed by atoms with van der Waals surface area (Å²) in [5, 5.41) is 6.12. The molecule has 0 unspecified atom stereocenters. The number of nitrogens with two attached hydrogens (primary N) is 1. The number of rotatable bonds is 9. The SMILES string of the molecule is CC1(C)OC[C@@H](COc2cnc(N)cn2)O1.COC(=O)c1ccc2c(n1)N(C(=O)Nc1cnc(OC[C@@H]3COC(C)(C)O3)cn1)[C@H]1CCN2C1.COC(=O)c1ccc2c(n1)N[C@H]1CCN2C1. The van der Waals surface area contributed by atoms with Crippen LogP contribution in [0, 0.1) is 0 Å². The molecule has 10 heterocycles. The van der Waals surface area contributed by atoms with Gasteiger partial charge in [0.15, 0.2) is 40.4 Å². The van der Waals surface area contributed by atoms with Crippen LogP contribution in [0.15, 0.2) is 49.1 Å². The van der Waals surface area contributed by atoms with Crippen molar-refractivity contribution in [2.45, 2.75) is 76.4 Å². The highest BCUT2D eigenvalue weighted by Gasteiger charge is 2.41. The average Bonchev–Trinajstić information content (AvgIpc) is 4.10. The summed E-state index contributed by atoms with van der Waals surface area (Å²) in [6.45, 7) is 12.7. The summed E-state index contributed by atoms with van der Waals surface area (Å²) >= 11 is 0. The maximum absolute atomic E-state index is 13.2. The Labute approximate surface area is 380 Å². The predicted octanol–water partition coefficient (Wildman–Crippen LogP) is 3.28. The van der Waals surface area contributed by atoms with Gasteiger partial charge in [-0.05, 0) is 64.8 Å². The molecule has 4 aromatic heterocycles. The summed E-state index contributed by atoms with van der Waals surface area (Å²) in [6.07, 6.45) is 7.45. The van der Waals surface area contributed by atoms with Crippen molar-refractivity contribution in [3.8, 4) is 11.8 Å². The van der Waals surface area contributed by atoms with Gasteiger partial charge in [-0.3, -0.25) is 10.2 Å². The molecule has 0 saturated carbocycles. The molecule has 6 aliphatic heterocycles. The van der Waals surface area contributed by atoms with Gasteiger partial charge in [0, 0.05) is 32.2 Å². The Kier molecular flexibility index (Phi) is 13.5. The van der Waals surface area contributed by atoms with Gasteiger partial charge in [0.2, 0.25) is 11.8 Å². The number of carbonyl (C=O) groups excluding carboxylic acids is 3. The van der Waals surface area contributed by atoms with Crippen molar-refractivity contribution in [1.82, 2.24) is 29.9 Å². The molecule has 2 amide bonds. The number of esters is 2. The maximum Gasteiger partial charge on any atom is 0.356 e. The van der Waals surface area contributed by atoms with E-state index in [4.69, 9.17) is 38.9 Å². The lowest BCUT2D eigenvalue weighted by atomic mass is 10.2. The molecule has 10 rings (SSSR count). The van der Waals surface area contributed by atoms with Crippen molar-refractivity contribution in [2.24, 2.45) is 0 Å². The highest BCUT2D eigenvalue weighted by atomic mass is 16.8. The highest BCUT2D eigenvalue weighted by molar-refractivity contribution is 6.04. The summed E-state index contributed by atoms with van der Waals surface area (Å²) in [5.74, 6) is 0.505. The van der Waals surface area contributed by atoms with Gasteiger partial charge < -0.3 is 58.7 Å². The zero-order chi connectivity index (χ0) is 46.6. The third-order valence-electron chi connectivity index (χ3n) is 11.2. The number of nitrogens with one attached hydrogen (secondary N) is 2. The lowest BCUT2D eigenvalue weighted by molar-refractivity contribution is -0.142. The number of fused-ring (bicyclic) bond motifs is 8. The number of methoxy groups -OCH3 is 2.